The maximum Gasteiger partial charge on any atom is 0.240 e. The topological polar surface area (TPSA) is 58.2 Å². The fourth-order valence-corrected chi connectivity index (χ4v) is 3.40. The molecule has 1 aromatic rings. The van der Waals surface area contributed by atoms with Crippen LogP contribution in [-0.4, -0.2) is 27.5 Å². The number of piperidine rings is 1. The molecule has 0 unspecified atom stereocenters. The summed E-state index contributed by atoms with van der Waals surface area (Å²) < 4.78 is 27.0. The van der Waals surface area contributed by atoms with E-state index in [9.17, 15) is 8.42 Å². The van der Waals surface area contributed by atoms with Gasteiger partial charge >= 0.3 is 0 Å². The highest BCUT2D eigenvalue weighted by molar-refractivity contribution is 7.89. The zero-order valence-corrected chi connectivity index (χ0v) is 12.0. The Kier molecular flexibility index (Phi) is 5.59. The summed E-state index contributed by atoms with van der Waals surface area (Å²) in [6, 6.07) is 6.99. The molecule has 1 aromatic carbocycles. The molecular weight excluding hydrogens is 272 g/mol. The monoisotopic (exact) mass is 290 g/mol. The van der Waals surface area contributed by atoms with Crippen LogP contribution in [0.4, 0.5) is 0 Å². The first-order valence-electron chi connectivity index (χ1n) is 5.88. The van der Waals surface area contributed by atoms with Gasteiger partial charge < -0.3 is 5.32 Å². The Balaban J connectivity index is 0.00000162. The summed E-state index contributed by atoms with van der Waals surface area (Å²) in [7, 11) is -3.37. The van der Waals surface area contributed by atoms with E-state index in [0.717, 1.165) is 24.9 Å². The number of halogens is 1. The molecule has 0 aliphatic carbocycles. The van der Waals surface area contributed by atoms with Crippen molar-refractivity contribution in [2.24, 2.45) is 0 Å². The predicted molar refractivity (Wildman–Crippen MR) is 74.6 cm³/mol. The normalized spacial score (nSPS) is 20.2. The van der Waals surface area contributed by atoms with Gasteiger partial charge in [-0.1, -0.05) is 12.1 Å². The fourth-order valence-electron chi connectivity index (χ4n) is 2.02. The summed E-state index contributed by atoms with van der Waals surface area (Å²) in [5.41, 5.74) is 0.953. The van der Waals surface area contributed by atoms with Crippen LogP contribution in [0.1, 0.15) is 18.4 Å². The summed E-state index contributed by atoms with van der Waals surface area (Å²) in [5, 5.41) is 3.19. The van der Waals surface area contributed by atoms with E-state index >= 15 is 0 Å². The molecule has 1 saturated heterocycles. The third kappa shape index (κ3) is 3.95. The van der Waals surface area contributed by atoms with Crippen LogP contribution in [0, 0.1) is 6.92 Å². The van der Waals surface area contributed by atoms with Gasteiger partial charge in [0.15, 0.2) is 0 Å². The molecule has 18 heavy (non-hydrogen) atoms. The minimum absolute atomic E-state index is 0. The Morgan fingerprint density at radius 3 is 2.78 bits per heavy atom. The Bertz CT molecular complexity index is 485. The molecule has 6 heteroatoms. The van der Waals surface area contributed by atoms with Crippen LogP contribution >= 0.6 is 12.4 Å². The highest BCUT2D eigenvalue weighted by Crippen LogP contribution is 2.13. The third-order valence-electron chi connectivity index (χ3n) is 2.92. The largest absolute Gasteiger partial charge is 0.315 e. The highest BCUT2D eigenvalue weighted by atomic mass is 35.5. The average Bonchev–Trinajstić information content (AvgIpc) is 2.30. The van der Waals surface area contributed by atoms with Crippen LogP contribution in [0.25, 0.3) is 0 Å². The van der Waals surface area contributed by atoms with E-state index in [1.807, 2.05) is 13.0 Å². The van der Waals surface area contributed by atoms with Gasteiger partial charge in [0, 0.05) is 12.6 Å². The van der Waals surface area contributed by atoms with Gasteiger partial charge in [-0.15, -0.1) is 12.4 Å². The lowest BCUT2D eigenvalue weighted by Gasteiger charge is -2.23. The Morgan fingerprint density at radius 1 is 1.39 bits per heavy atom. The molecule has 0 bridgehead atoms. The van der Waals surface area contributed by atoms with Crippen LogP contribution in [-0.2, 0) is 10.0 Å². The lowest BCUT2D eigenvalue weighted by molar-refractivity contribution is 0.428. The Hall–Kier alpha value is -0.620. The molecule has 0 saturated carbocycles. The number of hydrogen-bond donors (Lipinski definition) is 2. The molecular formula is C12H19ClN2O2S. The summed E-state index contributed by atoms with van der Waals surface area (Å²) in [4.78, 5) is 0.350. The van der Waals surface area contributed by atoms with E-state index in [4.69, 9.17) is 0 Å². The SMILES string of the molecule is Cc1cccc(S(=O)(=O)N[C@H]2CCCNC2)c1.Cl. The molecule has 2 rings (SSSR count). The van der Waals surface area contributed by atoms with Crippen LogP contribution in [0.3, 0.4) is 0 Å². The molecule has 1 aliphatic rings. The molecule has 2 N–H and O–H groups in total. The first kappa shape index (κ1) is 15.4. The number of aryl methyl sites for hydroxylation is 1. The van der Waals surface area contributed by atoms with Crippen molar-refractivity contribution in [3.8, 4) is 0 Å². The molecule has 1 heterocycles. The van der Waals surface area contributed by atoms with E-state index in [2.05, 4.69) is 10.0 Å². The molecule has 1 aliphatic heterocycles. The predicted octanol–water partition coefficient (Wildman–Crippen LogP) is 1.45. The maximum atomic E-state index is 12.1. The van der Waals surface area contributed by atoms with E-state index in [1.54, 1.807) is 18.2 Å². The zero-order chi connectivity index (χ0) is 12.3. The molecule has 1 fully saturated rings. The van der Waals surface area contributed by atoms with Crippen molar-refractivity contribution in [2.75, 3.05) is 13.1 Å². The second kappa shape index (κ2) is 6.52. The van der Waals surface area contributed by atoms with Gasteiger partial charge in [-0.2, -0.15) is 0 Å². The summed E-state index contributed by atoms with van der Waals surface area (Å²) in [6.45, 7) is 3.58. The standard InChI is InChI=1S/C12H18N2O2S.ClH/c1-10-4-2-6-12(8-10)17(15,16)14-11-5-3-7-13-9-11;/h2,4,6,8,11,13-14H,3,5,7,9H2,1H3;1H/t11-;/m0./s1. The van der Waals surface area contributed by atoms with Gasteiger partial charge in [-0.25, -0.2) is 13.1 Å². The van der Waals surface area contributed by atoms with Crippen LogP contribution in [0.2, 0.25) is 0 Å². The second-order valence-corrected chi connectivity index (χ2v) is 6.20. The van der Waals surface area contributed by atoms with E-state index in [0.29, 0.717) is 11.4 Å². The number of hydrogen-bond acceptors (Lipinski definition) is 3. The minimum atomic E-state index is -3.37. The van der Waals surface area contributed by atoms with Gasteiger partial charge in [-0.05, 0) is 44.0 Å². The Labute approximate surface area is 115 Å². The average molecular weight is 291 g/mol. The van der Waals surface area contributed by atoms with Crippen molar-refractivity contribution in [1.29, 1.82) is 0 Å². The van der Waals surface area contributed by atoms with Gasteiger partial charge in [0.2, 0.25) is 10.0 Å². The van der Waals surface area contributed by atoms with Crippen molar-refractivity contribution in [2.45, 2.75) is 30.7 Å². The Morgan fingerprint density at radius 2 is 2.17 bits per heavy atom. The lowest BCUT2D eigenvalue weighted by atomic mass is 10.1. The first-order valence-corrected chi connectivity index (χ1v) is 7.36. The molecule has 102 valence electrons. The second-order valence-electron chi connectivity index (χ2n) is 4.48. The van der Waals surface area contributed by atoms with Crippen molar-refractivity contribution >= 4 is 22.4 Å². The zero-order valence-electron chi connectivity index (χ0n) is 10.3. The van der Waals surface area contributed by atoms with Crippen LogP contribution in [0.5, 0.6) is 0 Å². The molecule has 4 nitrogen and oxygen atoms in total. The van der Waals surface area contributed by atoms with Gasteiger partial charge in [-0.3, -0.25) is 0 Å². The van der Waals surface area contributed by atoms with Crippen LogP contribution < -0.4 is 10.0 Å². The maximum absolute atomic E-state index is 12.1. The van der Waals surface area contributed by atoms with E-state index in [1.165, 1.54) is 0 Å². The van der Waals surface area contributed by atoms with Crippen molar-refractivity contribution < 1.29 is 8.42 Å². The van der Waals surface area contributed by atoms with Crippen molar-refractivity contribution in [3.05, 3.63) is 29.8 Å². The van der Waals surface area contributed by atoms with Crippen molar-refractivity contribution in [1.82, 2.24) is 10.0 Å². The van der Waals surface area contributed by atoms with E-state index < -0.39 is 10.0 Å². The highest BCUT2D eigenvalue weighted by Gasteiger charge is 2.21. The van der Waals surface area contributed by atoms with Gasteiger partial charge in [0.25, 0.3) is 0 Å². The van der Waals surface area contributed by atoms with E-state index in [-0.39, 0.29) is 18.4 Å². The summed E-state index contributed by atoms with van der Waals surface area (Å²) in [6.07, 6.45) is 1.92. The van der Waals surface area contributed by atoms with Crippen LogP contribution in [0.15, 0.2) is 29.2 Å². The molecule has 0 spiro atoms. The molecule has 0 amide bonds. The molecule has 1 atom stereocenters. The molecule has 0 radical (unpaired) electrons. The molecule has 0 aromatic heterocycles. The lowest BCUT2D eigenvalue weighted by Crippen LogP contribution is -2.45. The fraction of sp³-hybridized carbons (Fsp3) is 0.500. The third-order valence-corrected chi connectivity index (χ3v) is 4.44. The number of nitrogens with one attached hydrogen (secondary N) is 2. The minimum Gasteiger partial charge on any atom is -0.315 e. The smallest absolute Gasteiger partial charge is 0.240 e. The van der Waals surface area contributed by atoms with Gasteiger partial charge in [0.1, 0.15) is 0 Å². The first-order chi connectivity index (χ1) is 8.08. The quantitative estimate of drug-likeness (QED) is 0.886. The van der Waals surface area contributed by atoms with Crippen molar-refractivity contribution in [3.63, 3.8) is 0 Å². The number of sulfonamides is 1. The number of rotatable bonds is 3. The summed E-state index contributed by atoms with van der Waals surface area (Å²) in [5.74, 6) is 0. The summed E-state index contributed by atoms with van der Waals surface area (Å²) >= 11 is 0. The number of benzene rings is 1. The van der Waals surface area contributed by atoms with Gasteiger partial charge in [0.05, 0.1) is 4.90 Å².